The zero-order valence-corrected chi connectivity index (χ0v) is 8.43. The fourth-order valence-electron chi connectivity index (χ4n) is 0.597. The largest absolute Gasteiger partial charge is 2.00 e. The Morgan fingerprint density at radius 2 is 2.44 bits per heavy atom. The SMILES string of the molecule is CCOC1(O)CC1Br.[H-].[H-].[Mg+2]. The summed E-state index contributed by atoms with van der Waals surface area (Å²) in [5, 5.41) is 9.13. The van der Waals surface area contributed by atoms with Crippen molar-refractivity contribution in [3.8, 4) is 0 Å². The van der Waals surface area contributed by atoms with Crippen molar-refractivity contribution in [2.75, 3.05) is 6.61 Å². The van der Waals surface area contributed by atoms with E-state index in [1.807, 2.05) is 6.92 Å². The number of alkyl halides is 1. The van der Waals surface area contributed by atoms with Gasteiger partial charge < -0.3 is 12.7 Å². The minimum absolute atomic E-state index is 0. The molecule has 0 bridgehead atoms. The fourth-order valence-corrected chi connectivity index (χ4v) is 1.19. The molecule has 0 aromatic rings. The predicted octanol–water partition coefficient (Wildman–Crippen LogP) is 0.723. The van der Waals surface area contributed by atoms with Gasteiger partial charge in [0.15, 0.2) is 5.79 Å². The van der Waals surface area contributed by atoms with E-state index in [-0.39, 0.29) is 30.7 Å². The summed E-state index contributed by atoms with van der Waals surface area (Å²) < 4.78 is 4.96. The van der Waals surface area contributed by atoms with Gasteiger partial charge in [-0.05, 0) is 6.92 Å². The van der Waals surface area contributed by atoms with Crippen molar-refractivity contribution >= 4 is 39.0 Å². The van der Waals surface area contributed by atoms with Gasteiger partial charge in [0.1, 0.15) is 0 Å². The molecule has 2 nitrogen and oxygen atoms in total. The second kappa shape index (κ2) is 3.53. The smallest absolute Gasteiger partial charge is 1.00 e. The van der Waals surface area contributed by atoms with Crippen LogP contribution in [0.25, 0.3) is 0 Å². The maximum atomic E-state index is 9.13. The van der Waals surface area contributed by atoms with Crippen LogP contribution in [0, 0.1) is 0 Å². The number of hydrogen-bond acceptors (Lipinski definition) is 2. The molecule has 0 aromatic heterocycles. The third-order valence-corrected chi connectivity index (χ3v) is 2.23. The van der Waals surface area contributed by atoms with E-state index in [9.17, 15) is 0 Å². The molecule has 1 aliphatic carbocycles. The second-order valence-corrected chi connectivity index (χ2v) is 3.05. The average Bonchev–Trinajstić information content (AvgIpc) is 2.16. The molecule has 1 saturated carbocycles. The molecule has 0 heterocycles. The summed E-state index contributed by atoms with van der Waals surface area (Å²) in [6, 6.07) is 0. The third-order valence-electron chi connectivity index (χ3n) is 1.20. The Hall–Kier alpha value is 1.17. The van der Waals surface area contributed by atoms with E-state index >= 15 is 0 Å². The van der Waals surface area contributed by atoms with Crippen LogP contribution < -0.4 is 0 Å². The van der Waals surface area contributed by atoms with Gasteiger partial charge in [-0.2, -0.15) is 0 Å². The van der Waals surface area contributed by atoms with E-state index < -0.39 is 5.79 Å². The molecule has 2 atom stereocenters. The molecular formula is C5H11BrMgO2. The van der Waals surface area contributed by atoms with Crippen molar-refractivity contribution in [3.63, 3.8) is 0 Å². The standard InChI is InChI=1S/C5H9BrO2.Mg.2H/c1-2-8-5(7)3-4(5)6;;;/h4,7H,2-3H2,1H3;;;/q;+2;2*-1. The van der Waals surface area contributed by atoms with E-state index in [0.717, 1.165) is 6.42 Å². The van der Waals surface area contributed by atoms with Gasteiger partial charge in [-0.25, -0.2) is 0 Å². The van der Waals surface area contributed by atoms with Gasteiger partial charge in [0.25, 0.3) is 0 Å². The molecule has 1 rings (SSSR count). The molecule has 0 radical (unpaired) electrons. The zero-order chi connectivity index (χ0) is 6.20. The van der Waals surface area contributed by atoms with Gasteiger partial charge in [0, 0.05) is 13.0 Å². The zero-order valence-electron chi connectivity index (χ0n) is 7.43. The van der Waals surface area contributed by atoms with Crippen LogP contribution in [-0.2, 0) is 4.74 Å². The average molecular weight is 207 g/mol. The molecule has 9 heavy (non-hydrogen) atoms. The maximum absolute atomic E-state index is 9.13. The summed E-state index contributed by atoms with van der Waals surface area (Å²) in [7, 11) is 0. The third kappa shape index (κ3) is 2.35. The Kier molecular flexibility index (Phi) is 3.98. The first-order valence-corrected chi connectivity index (χ1v) is 3.61. The topological polar surface area (TPSA) is 29.5 Å². The van der Waals surface area contributed by atoms with Gasteiger partial charge in [0.2, 0.25) is 0 Å². The molecule has 0 aliphatic heterocycles. The number of halogens is 1. The van der Waals surface area contributed by atoms with Crippen molar-refractivity contribution in [3.05, 3.63) is 0 Å². The van der Waals surface area contributed by atoms with E-state index in [4.69, 9.17) is 9.84 Å². The van der Waals surface area contributed by atoms with Gasteiger partial charge in [0.05, 0.1) is 4.83 Å². The first kappa shape index (κ1) is 10.2. The second-order valence-electron chi connectivity index (χ2n) is 1.95. The molecule has 1 aliphatic rings. The van der Waals surface area contributed by atoms with Crippen LogP contribution in [0.2, 0.25) is 0 Å². The van der Waals surface area contributed by atoms with Crippen molar-refractivity contribution in [2.45, 2.75) is 24.0 Å². The molecule has 52 valence electrons. The van der Waals surface area contributed by atoms with E-state index in [2.05, 4.69) is 15.9 Å². The Bertz CT molecular complexity index is 108. The van der Waals surface area contributed by atoms with Crippen molar-refractivity contribution in [2.24, 2.45) is 0 Å². The van der Waals surface area contributed by atoms with Crippen LogP contribution in [0.5, 0.6) is 0 Å². The summed E-state index contributed by atoms with van der Waals surface area (Å²) in [5.41, 5.74) is 0. The summed E-state index contributed by atoms with van der Waals surface area (Å²) in [5.74, 6) is -0.825. The monoisotopic (exact) mass is 206 g/mol. The fraction of sp³-hybridized carbons (Fsp3) is 1.00. The van der Waals surface area contributed by atoms with Crippen LogP contribution in [0.1, 0.15) is 16.2 Å². The first-order chi connectivity index (χ1) is 3.69. The molecule has 2 unspecified atom stereocenters. The van der Waals surface area contributed by atoms with Crippen LogP contribution in [0.4, 0.5) is 0 Å². The van der Waals surface area contributed by atoms with Crippen LogP contribution in [-0.4, -0.2) is 45.4 Å². The number of ether oxygens (including phenoxy) is 1. The van der Waals surface area contributed by atoms with Crippen LogP contribution >= 0.6 is 15.9 Å². The number of hydrogen-bond donors (Lipinski definition) is 1. The molecule has 0 saturated heterocycles. The number of aliphatic hydroxyl groups is 1. The minimum Gasteiger partial charge on any atom is -1.00 e. The summed E-state index contributed by atoms with van der Waals surface area (Å²) in [6.45, 7) is 2.45. The maximum Gasteiger partial charge on any atom is 2.00 e. The normalized spacial score (nSPS) is 39.7. The summed E-state index contributed by atoms with van der Waals surface area (Å²) in [6.07, 6.45) is 0.723. The van der Waals surface area contributed by atoms with Crippen molar-refractivity contribution in [1.82, 2.24) is 0 Å². The van der Waals surface area contributed by atoms with Crippen LogP contribution in [0.15, 0.2) is 0 Å². The predicted molar refractivity (Wildman–Crippen MR) is 41.9 cm³/mol. The number of rotatable bonds is 2. The Labute approximate surface area is 82.2 Å². The molecule has 0 amide bonds. The van der Waals surface area contributed by atoms with Crippen LogP contribution in [0.3, 0.4) is 0 Å². The van der Waals surface area contributed by atoms with Gasteiger partial charge >= 0.3 is 23.1 Å². The molecule has 0 aromatic carbocycles. The molecular weight excluding hydrogens is 196 g/mol. The molecule has 4 heteroatoms. The Morgan fingerprint density at radius 1 is 2.00 bits per heavy atom. The van der Waals surface area contributed by atoms with Crippen molar-refractivity contribution < 1.29 is 12.7 Å². The minimum atomic E-state index is -0.825. The van der Waals surface area contributed by atoms with E-state index in [1.165, 1.54) is 0 Å². The van der Waals surface area contributed by atoms with Crippen molar-refractivity contribution in [1.29, 1.82) is 0 Å². The van der Waals surface area contributed by atoms with Gasteiger partial charge in [-0.3, -0.25) is 0 Å². The first-order valence-electron chi connectivity index (χ1n) is 2.69. The Balaban J connectivity index is -0.000000213. The summed E-state index contributed by atoms with van der Waals surface area (Å²) in [4.78, 5) is 0.162. The summed E-state index contributed by atoms with van der Waals surface area (Å²) >= 11 is 3.23. The van der Waals surface area contributed by atoms with Gasteiger partial charge in [-0.1, -0.05) is 15.9 Å². The van der Waals surface area contributed by atoms with E-state index in [0.29, 0.717) is 6.61 Å². The molecule has 1 N–H and O–H groups in total. The van der Waals surface area contributed by atoms with E-state index in [1.54, 1.807) is 0 Å². The molecule has 0 spiro atoms. The Morgan fingerprint density at radius 3 is 2.56 bits per heavy atom. The molecule has 1 fully saturated rings. The van der Waals surface area contributed by atoms with Gasteiger partial charge in [-0.15, -0.1) is 0 Å². The quantitative estimate of drug-likeness (QED) is 0.411.